The first-order chi connectivity index (χ1) is 7.07. The Balaban J connectivity index is 2.93. The van der Waals surface area contributed by atoms with E-state index >= 15 is 0 Å². The Morgan fingerprint density at radius 1 is 1.53 bits per heavy atom. The lowest BCUT2D eigenvalue weighted by molar-refractivity contribution is 0.0754. The van der Waals surface area contributed by atoms with Crippen LogP contribution in [0, 0.1) is 16.7 Å². The smallest absolute Gasteiger partial charge is 0.106 e. The molecule has 0 bridgehead atoms. The maximum absolute atomic E-state index is 10.1. The van der Waals surface area contributed by atoms with Crippen molar-refractivity contribution in [3.8, 4) is 6.07 Å². The van der Waals surface area contributed by atoms with Gasteiger partial charge in [-0.3, -0.25) is 0 Å². The van der Waals surface area contributed by atoms with Crippen LogP contribution in [0.3, 0.4) is 0 Å². The summed E-state index contributed by atoms with van der Waals surface area (Å²) in [6.45, 7) is 5.83. The second kappa shape index (κ2) is 4.78. The van der Waals surface area contributed by atoms with Gasteiger partial charge in [-0.15, -0.1) is 11.3 Å². The van der Waals surface area contributed by atoms with Gasteiger partial charge in [0, 0.05) is 9.75 Å². The van der Waals surface area contributed by atoms with Crippen molar-refractivity contribution in [2.75, 3.05) is 0 Å². The maximum Gasteiger partial charge on any atom is 0.106 e. The maximum atomic E-state index is 10.1. The number of nitriles is 1. The van der Waals surface area contributed by atoms with E-state index in [9.17, 15) is 5.11 Å². The van der Waals surface area contributed by atoms with Gasteiger partial charge in [0.25, 0.3) is 0 Å². The first-order valence-electron chi connectivity index (χ1n) is 5.25. The molecule has 0 radical (unpaired) electrons. The van der Waals surface area contributed by atoms with Gasteiger partial charge in [-0.1, -0.05) is 13.8 Å². The van der Waals surface area contributed by atoms with Crippen LogP contribution in [-0.2, 0) is 6.42 Å². The van der Waals surface area contributed by atoms with Crippen LogP contribution in [-0.4, -0.2) is 5.11 Å². The summed E-state index contributed by atoms with van der Waals surface area (Å²) in [6.07, 6.45) is 0.967. The van der Waals surface area contributed by atoms with Crippen molar-refractivity contribution in [2.45, 2.75) is 39.7 Å². The van der Waals surface area contributed by atoms with E-state index in [4.69, 9.17) is 5.26 Å². The van der Waals surface area contributed by atoms with E-state index in [-0.39, 0.29) is 0 Å². The highest BCUT2D eigenvalue weighted by Crippen LogP contribution is 2.38. The molecule has 0 spiro atoms. The lowest BCUT2D eigenvalue weighted by atomic mass is 9.82. The SMILES string of the molecule is CCc1ccc(C(O)C(C)(C#N)CC)s1. The molecule has 1 aromatic heterocycles. The van der Waals surface area contributed by atoms with Crippen LogP contribution < -0.4 is 0 Å². The fraction of sp³-hybridized carbons (Fsp3) is 0.583. The molecule has 82 valence electrons. The standard InChI is InChI=1S/C12H17NOS/c1-4-9-6-7-10(15-9)11(14)12(3,5-2)8-13/h6-7,11,14H,4-5H2,1-3H3. The van der Waals surface area contributed by atoms with Gasteiger partial charge in [0.1, 0.15) is 6.10 Å². The van der Waals surface area contributed by atoms with Crippen molar-refractivity contribution in [3.05, 3.63) is 21.9 Å². The normalized spacial score (nSPS) is 16.7. The first kappa shape index (κ1) is 12.2. The number of hydrogen-bond donors (Lipinski definition) is 1. The molecule has 0 fully saturated rings. The third-order valence-electron chi connectivity index (χ3n) is 2.89. The number of aliphatic hydroxyl groups excluding tert-OH is 1. The van der Waals surface area contributed by atoms with E-state index in [0.717, 1.165) is 11.3 Å². The monoisotopic (exact) mass is 223 g/mol. The fourth-order valence-corrected chi connectivity index (χ4v) is 2.47. The summed E-state index contributed by atoms with van der Waals surface area (Å²) in [4.78, 5) is 2.15. The lowest BCUT2D eigenvalue weighted by Crippen LogP contribution is -2.22. The summed E-state index contributed by atoms with van der Waals surface area (Å²) in [6, 6.07) is 6.16. The van der Waals surface area contributed by atoms with Crippen molar-refractivity contribution in [1.82, 2.24) is 0 Å². The molecule has 0 saturated heterocycles. The average Bonchev–Trinajstić information content (AvgIpc) is 2.75. The van der Waals surface area contributed by atoms with Crippen LogP contribution in [0.4, 0.5) is 0 Å². The Bertz CT molecular complexity index is 366. The van der Waals surface area contributed by atoms with Gasteiger partial charge in [-0.2, -0.15) is 5.26 Å². The molecule has 2 atom stereocenters. The van der Waals surface area contributed by atoms with Crippen molar-refractivity contribution in [2.24, 2.45) is 5.41 Å². The van der Waals surface area contributed by atoms with E-state index in [0.29, 0.717) is 6.42 Å². The molecule has 15 heavy (non-hydrogen) atoms. The highest BCUT2D eigenvalue weighted by Gasteiger charge is 2.33. The minimum absolute atomic E-state index is 0.657. The van der Waals surface area contributed by atoms with Gasteiger partial charge in [0.15, 0.2) is 0 Å². The topological polar surface area (TPSA) is 44.0 Å². The molecule has 0 aromatic carbocycles. The van der Waals surface area contributed by atoms with Gasteiger partial charge in [0.2, 0.25) is 0 Å². The van der Waals surface area contributed by atoms with E-state index in [1.807, 2.05) is 26.0 Å². The zero-order chi connectivity index (χ0) is 11.5. The van der Waals surface area contributed by atoms with Crippen molar-refractivity contribution in [1.29, 1.82) is 5.26 Å². The zero-order valence-corrected chi connectivity index (χ0v) is 10.3. The Morgan fingerprint density at radius 2 is 2.20 bits per heavy atom. The minimum atomic E-state index is -0.671. The van der Waals surface area contributed by atoms with Crippen molar-refractivity contribution >= 4 is 11.3 Å². The van der Waals surface area contributed by atoms with E-state index < -0.39 is 11.5 Å². The van der Waals surface area contributed by atoms with Gasteiger partial charge in [-0.25, -0.2) is 0 Å². The molecule has 1 rings (SSSR count). The molecule has 1 heterocycles. The molecular formula is C12H17NOS. The first-order valence-corrected chi connectivity index (χ1v) is 6.07. The number of aliphatic hydroxyl groups is 1. The minimum Gasteiger partial charge on any atom is -0.386 e. The molecule has 2 unspecified atom stereocenters. The van der Waals surface area contributed by atoms with Crippen LogP contribution in [0.5, 0.6) is 0 Å². The summed E-state index contributed by atoms with van der Waals surface area (Å²) in [5.74, 6) is 0. The van der Waals surface area contributed by atoms with E-state index in [1.54, 1.807) is 11.3 Å². The molecule has 0 saturated carbocycles. The van der Waals surface area contributed by atoms with Crippen molar-refractivity contribution < 1.29 is 5.11 Å². The summed E-state index contributed by atoms with van der Waals surface area (Å²) in [7, 11) is 0. The molecule has 0 amide bonds. The number of rotatable bonds is 4. The van der Waals surface area contributed by atoms with Gasteiger partial charge in [-0.05, 0) is 31.9 Å². The molecule has 3 heteroatoms. The van der Waals surface area contributed by atoms with Crippen molar-refractivity contribution in [3.63, 3.8) is 0 Å². The molecule has 0 aliphatic rings. The van der Waals surface area contributed by atoms with Crippen LogP contribution >= 0.6 is 11.3 Å². The molecule has 1 aromatic rings. The van der Waals surface area contributed by atoms with Crippen LogP contribution in [0.15, 0.2) is 12.1 Å². The third-order valence-corrected chi connectivity index (χ3v) is 4.18. The average molecular weight is 223 g/mol. The lowest BCUT2D eigenvalue weighted by Gasteiger charge is -2.25. The van der Waals surface area contributed by atoms with Crippen LogP contribution in [0.2, 0.25) is 0 Å². The van der Waals surface area contributed by atoms with Crippen LogP contribution in [0.1, 0.15) is 43.1 Å². The summed E-state index contributed by atoms with van der Waals surface area (Å²) in [5, 5.41) is 19.2. The number of aryl methyl sites for hydroxylation is 1. The summed E-state index contributed by atoms with van der Waals surface area (Å²) in [5.41, 5.74) is -0.671. The zero-order valence-electron chi connectivity index (χ0n) is 9.45. The number of hydrogen-bond acceptors (Lipinski definition) is 3. The Morgan fingerprint density at radius 3 is 2.60 bits per heavy atom. The molecule has 0 aliphatic heterocycles. The highest BCUT2D eigenvalue weighted by molar-refractivity contribution is 7.12. The Labute approximate surface area is 95.2 Å². The molecule has 1 N–H and O–H groups in total. The quantitative estimate of drug-likeness (QED) is 0.851. The highest BCUT2D eigenvalue weighted by atomic mass is 32.1. The van der Waals surface area contributed by atoms with E-state index in [1.165, 1.54) is 4.88 Å². The second-order valence-corrected chi connectivity index (χ2v) is 5.14. The second-order valence-electron chi connectivity index (χ2n) is 3.94. The van der Waals surface area contributed by atoms with E-state index in [2.05, 4.69) is 13.0 Å². The number of nitrogens with zero attached hydrogens (tertiary/aromatic N) is 1. The van der Waals surface area contributed by atoms with Gasteiger partial charge < -0.3 is 5.11 Å². The molecule has 0 aliphatic carbocycles. The largest absolute Gasteiger partial charge is 0.386 e. The fourth-order valence-electron chi connectivity index (χ4n) is 1.38. The predicted octanol–water partition coefficient (Wildman–Crippen LogP) is 3.28. The summed E-state index contributed by atoms with van der Waals surface area (Å²) < 4.78 is 0. The third kappa shape index (κ3) is 2.39. The molecule has 2 nitrogen and oxygen atoms in total. The predicted molar refractivity (Wildman–Crippen MR) is 62.7 cm³/mol. The van der Waals surface area contributed by atoms with Gasteiger partial charge >= 0.3 is 0 Å². The summed E-state index contributed by atoms with van der Waals surface area (Å²) >= 11 is 1.60. The molecular weight excluding hydrogens is 206 g/mol. The van der Waals surface area contributed by atoms with Gasteiger partial charge in [0.05, 0.1) is 11.5 Å². The number of thiophene rings is 1. The Kier molecular flexibility index (Phi) is 3.90. The Hall–Kier alpha value is -0.850. The van der Waals surface area contributed by atoms with Crippen LogP contribution in [0.25, 0.3) is 0 Å².